The fourth-order valence-corrected chi connectivity index (χ4v) is 2.95. The van der Waals surface area contributed by atoms with E-state index in [9.17, 15) is 21.6 Å². The average molecular weight is 346 g/mol. The van der Waals surface area contributed by atoms with Gasteiger partial charge in [0.1, 0.15) is 4.90 Å². The van der Waals surface area contributed by atoms with Crippen LogP contribution in [0.4, 0.5) is 13.2 Å². The highest BCUT2D eigenvalue weighted by Gasteiger charge is 2.27. The van der Waals surface area contributed by atoms with Gasteiger partial charge >= 0.3 is 5.51 Å². The molecule has 2 N–H and O–H groups in total. The molecule has 0 aliphatic carbocycles. The van der Waals surface area contributed by atoms with Gasteiger partial charge in [0, 0.05) is 25.0 Å². The lowest BCUT2D eigenvalue weighted by Crippen LogP contribution is -2.26. The first-order valence-corrected chi connectivity index (χ1v) is 8.65. The van der Waals surface area contributed by atoms with Crippen LogP contribution in [0, 0.1) is 0 Å². The van der Waals surface area contributed by atoms with Crippen molar-refractivity contribution in [3.8, 4) is 0 Å². The second-order valence-electron chi connectivity index (χ2n) is 3.98. The number of nitrogens with zero attached hydrogens (tertiary/aromatic N) is 2. The van der Waals surface area contributed by atoms with Gasteiger partial charge in [0.15, 0.2) is 0 Å². The third-order valence-corrected chi connectivity index (χ3v) is 4.50. The maximum absolute atomic E-state index is 11.9. The van der Waals surface area contributed by atoms with Crippen molar-refractivity contribution in [3.63, 3.8) is 0 Å². The fourth-order valence-electron chi connectivity index (χ4n) is 1.40. The summed E-state index contributed by atoms with van der Waals surface area (Å²) >= 11 is -0.268. The third kappa shape index (κ3) is 7.16. The molecule has 6 nitrogen and oxygen atoms in total. The van der Waals surface area contributed by atoms with E-state index < -0.39 is 15.5 Å². The lowest BCUT2D eigenvalue weighted by molar-refractivity contribution is -0.0327. The summed E-state index contributed by atoms with van der Waals surface area (Å²) in [6.07, 6.45) is 2.52. The molecule has 1 rings (SSSR count). The van der Waals surface area contributed by atoms with E-state index in [1.165, 1.54) is 17.1 Å². The minimum atomic E-state index is -4.36. The molecular weight excluding hydrogens is 329 g/mol. The maximum atomic E-state index is 11.9. The van der Waals surface area contributed by atoms with Crippen LogP contribution >= 0.6 is 11.8 Å². The van der Waals surface area contributed by atoms with Crippen LogP contribution in [0.15, 0.2) is 17.3 Å². The number of rotatable bonds is 9. The summed E-state index contributed by atoms with van der Waals surface area (Å²) in [4.78, 5) is -0.0593. The Kier molecular flexibility index (Phi) is 6.97. The van der Waals surface area contributed by atoms with Crippen molar-refractivity contribution >= 4 is 21.8 Å². The molecule has 1 aromatic heterocycles. The smallest absolute Gasteiger partial charge is 0.315 e. The lowest BCUT2D eigenvalue weighted by Gasteiger charge is -2.06. The molecule has 21 heavy (non-hydrogen) atoms. The van der Waals surface area contributed by atoms with Crippen molar-refractivity contribution in [2.45, 2.75) is 23.9 Å². The van der Waals surface area contributed by atoms with Crippen LogP contribution in [0.5, 0.6) is 0 Å². The molecule has 0 radical (unpaired) electrons. The third-order valence-electron chi connectivity index (χ3n) is 2.35. The molecule has 1 heterocycles. The van der Waals surface area contributed by atoms with E-state index in [0.29, 0.717) is 13.1 Å². The van der Waals surface area contributed by atoms with E-state index in [1.807, 2.05) is 6.92 Å². The predicted molar refractivity (Wildman–Crippen MR) is 74.5 cm³/mol. The standard InChI is InChI=1S/C10H17F3N4O2S2/c1-2-14-3-5-17-8-9(7-15-17)21(18,19)16-4-6-20-10(11,12)13/h7-8,14,16H,2-6H2,1H3. The first-order chi connectivity index (χ1) is 9.74. The van der Waals surface area contributed by atoms with Crippen LogP contribution in [-0.2, 0) is 16.6 Å². The zero-order valence-corrected chi connectivity index (χ0v) is 13.0. The summed E-state index contributed by atoms with van der Waals surface area (Å²) in [5, 5.41) is 6.96. The van der Waals surface area contributed by atoms with Gasteiger partial charge in [0.25, 0.3) is 0 Å². The Balaban J connectivity index is 2.47. The molecule has 0 saturated carbocycles. The highest BCUT2D eigenvalue weighted by Crippen LogP contribution is 2.29. The Hall–Kier alpha value is -0.780. The number of alkyl halides is 3. The van der Waals surface area contributed by atoms with E-state index in [-0.39, 0.29) is 29.0 Å². The topological polar surface area (TPSA) is 76.0 Å². The number of likely N-dealkylation sites (N-methyl/N-ethyl adjacent to an activating group) is 1. The number of sulfonamides is 1. The minimum absolute atomic E-state index is 0.0593. The second kappa shape index (κ2) is 8.01. The number of aromatic nitrogens is 2. The molecular formula is C10H17F3N4O2S2. The first kappa shape index (κ1) is 18.3. The number of hydrogen-bond acceptors (Lipinski definition) is 5. The molecule has 1 aromatic rings. The first-order valence-electron chi connectivity index (χ1n) is 6.18. The van der Waals surface area contributed by atoms with Gasteiger partial charge in [-0.3, -0.25) is 4.68 Å². The van der Waals surface area contributed by atoms with Crippen LogP contribution in [0.1, 0.15) is 6.92 Å². The number of halogens is 3. The van der Waals surface area contributed by atoms with Crippen LogP contribution in [0.3, 0.4) is 0 Å². The van der Waals surface area contributed by atoms with Crippen LogP contribution in [-0.4, -0.2) is 49.1 Å². The summed E-state index contributed by atoms with van der Waals surface area (Å²) in [7, 11) is -3.82. The molecule has 0 aromatic carbocycles. The normalized spacial score (nSPS) is 12.8. The molecule has 0 saturated heterocycles. The Morgan fingerprint density at radius 3 is 2.71 bits per heavy atom. The summed E-state index contributed by atoms with van der Waals surface area (Å²) in [6.45, 7) is 3.60. The summed E-state index contributed by atoms with van der Waals surface area (Å²) < 4.78 is 63.0. The van der Waals surface area contributed by atoms with Crippen LogP contribution in [0.2, 0.25) is 0 Å². The fraction of sp³-hybridized carbons (Fsp3) is 0.700. The van der Waals surface area contributed by atoms with Crippen molar-refractivity contribution in [2.75, 3.05) is 25.4 Å². The van der Waals surface area contributed by atoms with Crippen molar-refractivity contribution in [3.05, 3.63) is 12.4 Å². The molecule has 0 amide bonds. The Morgan fingerprint density at radius 1 is 1.38 bits per heavy atom. The summed E-state index contributed by atoms with van der Waals surface area (Å²) in [5.41, 5.74) is -4.36. The Bertz CT molecular complexity index is 531. The van der Waals surface area contributed by atoms with E-state index in [4.69, 9.17) is 0 Å². The maximum Gasteiger partial charge on any atom is 0.441 e. The van der Waals surface area contributed by atoms with Crippen molar-refractivity contribution in [1.29, 1.82) is 0 Å². The number of thioether (sulfide) groups is 1. The molecule has 0 atom stereocenters. The molecule has 0 aliphatic heterocycles. The van der Waals surface area contributed by atoms with Gasteiger partial charge < -0.3 is 5.32 Å². The van der Waals surface area contributed by atoms with Gasteiger partial charge in [-0.1, -0.05) is 6.92 Å². The quantitative estimate of drug-likeness (QED) is 0.653. The van der Waals surface area contributed by atoms with Gasteiger partial charge in [-0.15, -0.1) is 0 Å². The summed E-state index contributed by atoms with van der Waals surface area (Å²) in [6, 6.07) is 0. The van der Waals surface area contributed by atoms with Crippen molar-refractivity contribution in [2.24, 2.45) is 0 Å². The SMILES string of the molecule is CCNCCn1cc(S(=O)(=O)NCCSC(F)(F)F)cn1. The number of nitrogens with one attached hydrogen (secondary N) is 2. The van der Waals surface area contributed by atoms with Crippen molar-refractivity contribution in [1.82, 2.24) is 19.8 Å². The molecule has 0 fully saturated rings. The van der Waals surface area contributed by atoms with E-state index in [2.05, 4.69) is 15.1 Å². The summed E-state index contributed by atoms with van der Waals surface area (Å²) in [5.74, 6) is -0.378. The molecule has 11 heteroatoms. The van der Waals surface area contributed by atoms with E-state index in [1.54, 1.807) is 0 Å². The van der Waals surface area contributed by atoms with Crippen molar-refractivity contribution < 1.29 is 21.6 Å². The molecule has 0 spiro atoms. The highest BCUT2D eigenvalue weighted by atomic mass is 32.2. The zero-order chi connectivity index (χ0) is 15.9. The molecule has 122 valence electrons. The molecule has 0 unspecified atom stereocenters. The predicted octanol–water partition coefficient (Wildman–Crippen LogP) is 1.02. The Labute approximate surface area is 125 Å². The van der Waals surface area contributed by atoms with Gasteiger partial charge in [-0.05, 0) is 18.3 Å². The van der Waals surface area contributed by atoms with Gasteiger partial charge in [-0.2, -0.15) is 18.3 Å². The largest absolute Gasteiger partial charge is 0.441 e. The lowest BCUT2D eigenvalue weighted by atomic mass is 10.6. The van der Waals surface area contributed by atoms with Gasteiger partial charge in [-0.25, -0.2) is 13.1 Å². The Morgan fingerprint density at radius 2 is 2.10 bits per heavy atom. The van der Waals surface area contributed by atoms with Gasteiger partial charge in [0.05, 0.1) is 12.7 Å². The number of hydrogen-bond donors (Lipinski definition) is 2. The second-order valence-corrected chi connectivity index (χ2v) is 6.91. The molecule has 0 bridgehead atoms. The van der Waals surface area contributed by atoms with E-state index in [0.717, 1.165) is 6.54 Å². The van der Waals surface area contributed by atoms with E-state index >= 15 is 0 Å². The van der Waals surface area contributed by atoms with Crippen LogP contribution in [0.25, 0.3) is 0 Å². The van der Waals surface area contributed by atoms with Crippen LogP contribution < -0.4 is 10.0 Å². The highest BCUT2D eigenvalue weighted by molar-refractivity contribution is 8.00. The zero-order valence-electron chi connectivity index (χ0n) is 11.4. The minimum Gasteiger partial charge on any atom is -0.315 e. The monoisotopic (exact) mass is 346 g/mol. The average Bonchev–Trinajstić information content (AvgIpc) is 2.84. The molecule has 0 aliphatic rings. The van der Waals surface area contributed by atoms with Gasteiger partial charge in [0.2, 0.25) is 10.0 Å².